The summed E-state index contributed by atoms with van der Waals surface area (Å²) < 4.78 is 0. The summed E-state index contributed by atoms with van der Waals surface area (Å²) in [4.78, 5) is 23.9. The van der Waals surface area contributed by atoms with Gasteiger partial charge in [-0.15, -0.1) is 12.4 Å². The van der Waals surface area contributed by atoms with E-state index in [0.717, 1.165) is 37.9 Å². The molecule has 0 atom stereocenters. The minimum absolute atomic E-state index is 0. The Kier molecular flexibility index (Phi) is 8.89. The van der Waals surface area contributed by atoms with E-state index in [2.05, 4.69) is 23.6 Å². The maximum Gasteiger partial charge on any atom is 0.220 e. The number of carbonyl (C=O) groups excluding carboxylic acids is 2. The van der Waals surface area contributed by atoms with Gasteiger partial charge in [-0.3, -0.25) is 9.59 Å². The summed E-state index contributed by atoms with van der Waals surface area (Å²) in [7, 11) is 0. The molecule has 1 aliphatic carbocycles. The van der Waals surface area contributed by atoms with Crippen molar-refractivity contribution in [1.29, 1.82) is 0 Å². The number of hydrogen-bond acceptors (Lipinski definition) is 3. The molecule has 0 radical (unpaired) electrons. The summed E-state index contributed by atoms with van der Waals surface area (Å²) in [6, 6.07) is 5.98. The van der Waals surface area contributed by atoms with Crippen LogP contribution < -0.4 is 10.6 Å². The molecule has 1 amide bonds. The molecule has 1 aromatic rings. The summed E-state index contributed by atoms with van der Waals surface area (Å²) in [6.45, 7) is 4.47. The van der Waals surface area contributed by atoms with Crippen molar-refractivity contribution in [2.45, 2.75) is 45.4 Å². The normalized spacial score (nSPS) is 12.4. The molecule has 0 heterocycles. The van der Waals surface area contributed by atoms with Crippen LogP contribution in [-0.2, 0) is 17.6 Å². The van der Waals surface area contributed by atoms with Crippen molar-refractivity contribution in [3.05, 3.63) is 34.9 Å². The van der Waals surface area contributed by atoms with Crippen molar-refractivity contribution in [3.63, 3.8) is 0 Å². The number of nitrogens with one attached hydrogen (secondary N) is 2. The molecule has 2 N–H and O–H groups in total. The van der Waals surface area contributed by atoms with Crippen molar-refractivity contribution in [1.82, 2.24) is 10.6 Å². The van der Waals surface area contributed by atoms with Gasteiger partial charge >= 0.3 is 0 Å². The molecule has 0 saturated heterocycles. The summed E-state index contributed by atoms with van der Waals surface area (Å²) in [5.74, 6) is 0.0155. The predicted octanol–water partition coefficient (Wildman–Crippen LogP) is 2.68. The third-order valence-electron chi connectivity index (χ3n) is 4.05. The first kappa shape index (κ1) is 19.7. The van der Waals surface area contributed by atoms with Crippen molar-refractivity contribution in [3.8, 4) is 0 Å². The molecule has 0 aromatic heterocycles. The largest absolute Gasteiger partial charge is 0.355 e. The minimum Gasteiger partial charge on any atom is -0.355 e. The number of hydrogen-bond donors (Lipinski definition) is 2. The first-order valence-corrected chi connectivity index (χ1v) is 8.33. The Bertz CT molecular complexity index is 532. The number of ketones is 1. The highest BCUT2D eigenvalue weighted by molar-refractivity contribution is 5.98. The summed E-state index contributed by atoms with van der Waals surface area (Å²) in [6.07, 6.45) is 5.02. The van der Waals surface area contributed by atoms with Gasteiger partial charge in [-0.05, 0) is 49.4 Å². The maximum atomic E-state index is 12.2. The van der Waals surface area contributed by atoms with E-state index in [-0.39, 0.29) is 36.9 Å². The number of amides is 1. The van der Waals surface area contributed by atoms with Crippen LogP contribution in [0.15, 0.2) is 18.2 Å². The molecule has 2 rings (SSSR count). The predicted molar refractivity (Wildman–Crippen MR) is 95.4 cm³/mol. The Morgan fingerprint density at radius 2 is 1.83 bits per heavy atom. The van der Waals surface area contributed by atoms with Gasteiger partial charge in [0.2, 0.25) is 5.91 Å². The molecule has 0 bridgehead atoms. The molecule has 1 aromatic carbocycles. The molecule has 0 spiro atoms. The second-order valence-corrected chi connectivity index (χ2v) is 5.86. The molecular weight excluding hydrogens is 312 g/mol. The molecule has 0 aliphatic heterocycles. The number of aryl methyl sites for hydroxylation is 2. The van der Waals surface area contributed by atoms with Crippen LogP contribution in [0.4, 0.5) is 0 Å². The number of fused-ring (bicyclic) bond motifs is 1. The quantitative estimate of drug-likeness (QED) is 0.537. The van der Waals surface area contributed by atoms with Gasteiger partial charge in [0.25, 0.3) is 0 Å². The monoisotopic (exact) mass is 338 g/mol. The maximum absolute atomic E-state index is 12.2. The Hall–Kier alpha value is -1.39. The zero-order valence-electron chi connectivity index (χ0n) is 13.8. The van der Waals surface area contributed by atoms with Crippen LogP contribution in [0.5, 0.6) is 0 Å². The highest BCUT2D eigenvalue weighted by Gasteiger charge is 2.14. The molecule has 4 nitrogen and oxygen atoms in total. The third kappa shape index (κ3) is 6.32. The minimum atomic E-state index is -0.0483. The van der Waals surface area contributed by atoms with Crippen molar-refractivity contribution >= 4 is 24.1 Å². The van der Waals surface area contributed by atoms with Gasteiger partial charge < -0.3 is 10.6 Å². The Balaban J connectivity index is 0.00000264. The first-order chi connectivity index (χ1) is 10.7. The van der Waals surface area contributed by atoms with E-state index in [1.54, 1.807) is 0 Å². The van der Waals surface area contributed by atoms with Gasteiger partial charge in [-0.1, -0.05) is 19.1 Å². The molecule has 5 heteroatoms. The lowest BCUT2D eigenvalue weighted by molar-refractivity contribution is -0.121. The van der Waals surface area contributed by atoms with E-state index in [1.165, 1.54) is 17.5 Å². The van der Waals surface area contributed by atoms with Crippen LogP contribution in [0.2, 0.25) is 0 Å². The van der Waals surface area contributed by atoms with E-state index in [1.807, 2.05) is 12.1 Å². The lowest BCUT2D eigenvalue weighted by Gasteiger charge is -2.07. The van der Waals surface area contributed by atoms with E-state index in [9.17, 15) is 9.59 Å². The lowest BCUT2D eigenvalue weighted by Crippen LogP contribution is -2.32. The fourth-order valence-corrected chi connectivity index (χ4v) is 2.80. The first-order valence-electron chi connectivity index (χ1n) is 8.33. The average molecular weight is 339 g/mol. The third-order valence-corrected chi connectivity index (χ3v) is 4.05. The standard InChI is InChI=1S/C18H26N2O2.ClH/c1-2-10-19-11-12-20-18(22)9-8-17(21)16-7-6-14-4-3-5-15(14)13-16;/h6-7,13,19H,2-5,8-12H2,1H3,(H,20,22);1H. The van der Waals surface area contributed by atoms with Crippen molar-refractivity contribution in [2.75, 3.05) is 19.6 Å². The smallest absolute Gasteiger partial charge is 0.220 e. The van der Waals surface area contributed by atoms with Crippen molar-refractivity contribution < 1.29 is 9.59 Å². The second-order valence-electron chi connectivity index (χ2n) is 5.86. The fourth-order valence-electron chi connectivity index (χ4n) is 2.80. The summed E-state index contributed by atoms with van der Waals surface area (Å²) in [5.41, 5.74) is 3.42. The van der Waals surface area contributed by atoms with Gasteiger partial charge in [0.15, 0.2) is 5.78 Å². The van der Waals surface area contributed by atoms with Crippen LogP contribution in [0.25, 0.3) is 0 Å². The molecule has 128 valence electrons. The number of Topliss-reactive ketones (excluding diaryl/α,β-unsaturated/α-hetero) is 1. The fraction of sp³-hybridized carbons (Fsp3) is 0.556. The molecule has 0 saturated carbocycles. The number of carbonyl (C=O) groups is 2. The SMILES string of the molecule is CCCNCCNC(=O)CCC(=O)c1ccc2c(c1)CCC2.Cl. The molecule has 1 aliphatic rings. The molecular formula is C18H27ClN2O2. The van der Waals surface area contributed by atoms with E-state index in [4.69, 9.17) is 0 Å². The van der Waals surface area contributed by atoms with Crippen LogP contribution in [0.3, 0.4) is 0 Å². The average Bonchev–Trinajstić information content (AvgIpc) is 2.99. The van der Waals surface area contributed by atoms with Crippen molar-refractivity contribution in [2.24, 2.45) is 0 Å². The van der Waals surface area contributed by atoms with Gasteiger partial charge in [0.1, 0.15) is 0 Å². The molecule has 0 fully saturated rings. The molecule has 23 heavy (non-hydrogen) atoms. The van der Waals surface area contributed by atoms with Crippen LogP contribution in [-0.4, -0.2) is 31.3 Å². The van der Waals surface area contributed by atoms with E-state index < -0.39 is 0 Å². The highest BCUT2D eigenvalue weighted by Crippen LogP contribution is 2.23. The van der Waals surface area contributed by atoms with Gasteiger partial charge in [-0.2, -0.15) is 0 Å². The zero-order chi connectivity index (χ0) is 15.8. The summed E-state index contributed by atoms with van der Waals surface area (Å²) in [5, 5.41) is 6.06. The number of halogens is 1. The Labute approximate surface area is 144 Å². The zero-order valence-corrected chi connectivity index (χ0v) is 14.6. The lowest BCUT2D eigenvalue weighted by atomic mass is 10.0. The highest BCUT2D eigenvalue weighted by atomic mass is 35.5. The van der Waals surface area contributed by atoms with Gasteiger partial charge in [0, 0.05) is 31.5 Å². The summed E-state index contributed by atoms with van der Waals surface area (Å²) >= 11 is 0. The van der Waals surface area contributed by atoms with Crippen LogP contribution >= 0.6 is 12.4 Å². The topological polar surface area (TPSA) is 58.2 Å². The van der Waals surface area contributed by atoms with Gasteiger partial charge in [-0.25, -0.2) is 0 Å². The Morgan fingerprint density at radius 3 is 2.61 bits per heavy atom. The second kappa shape index (κ2) is 10.4. The molecule has 0 unspecified atom stereocenters. The van der Waals surface area contributed by atoms with Crippen LogP contribution in [0.1, 0.15) is 54.1 Å². The van der Waals surface area contributed by atoms with E-state index >= 15 is 0 Å². The van der Waals surface area contributed by atoms with Gasteiger partial charge in [0.05, 0.1) is 0 Å². The van der Waals surface area contributed by atoms with Crippen LogP contribution in [0, 0.1) is 0 Å². The Morgan fingerprint density at radius 1 is 1.04 bits per heavy atom. The number of rotatable bonds is 9. The van der Waals surface area contributed by atoms with E-state index in [0.29, 0.717) is 6.54 Å². The number of benzene rings is 1.